The fraction of sp³-hybridized carbons (Fsp3) is 0.462. The number of hydrogen-bond donors (Lipinski definition) is 2. The molecule has 0 bridgehead atoms. The van der Waals surface area contributed by atoms with Crippen molar-refractivity contribution in [3.05, 3.63) is 30.3 Å². The number of urea groups is 1. The lowest BCUT2D eigenvalue weighted by Gasteiger charge is -2.31. The van der Waals surface area contributed by atoms with E-state index in [9.17, 15) is 13.2 Å². The number of hydrogen-bond acceptors (Lipinski definition) is 3. The van der Waals surface area contributed by atoms with Gasteiger partial charge < -0.3 is 10.6 Å². The quantitative estimate of drug-likeness (QED) is 0.865. The molecule has 0 aliphatic carbocycles. The van der Waals surface area contributed by atoms with Crippen molar-refractivity contribution in [2.75, 3.05) is 20.1 Å². The van der Waals surface area contributed by atoms with E-state index in [2.05, 4.69) is 10.6 Å². The van der Waals surface area contributed by atoms with Gasteiger partial charge in [0.25, 0.3) is 0 Å². The van der Waals surface area contributed by atoms with Crippen molar-refractivity contribution in [1.29, 1.82) is 0 Å². The normalized spacial score (nSPS) is 17.6. The van der Waals surface area contributed by atoms with Gasteiger partial charge in [0.2, 0.25) is 10.0 Å². The first-order valence-electron chi connectivity index (χ1n) is 6.57. The molecule has 1 saturated heterocycles. The van der Waals surface area contributed by atoms with E-state index in [1.165, 1.54) is 4.31 Å². The molecule has 2 amide bonds. The number of benzene rings is 1. The maximum Gasteiger partial charge on any atom is 0.314 e. The summed E-state index contributed by atoms with van der Waals surface area (Å²) in [5, 5.41) is 5.31. The smallest absolute Gasteiger partial charge is 0.314 e. The van der Waals surface area contributed by atoms with E-state index < -0.39 is 10.0 Å². The number of carbonyl (C=O) groups excluding carboxylic acids is 1. The van der Waals surface area contributed by atoms with Crippen LogP contribution in [0.4, 0.5) is 4.79 Å². The Labute approximate surface area is 119 Å². The van der Waals surface area contributed by atoms with Gasteiger partial charge in [-0.15, -0.1) is 0 Å². The van der Waals surface area contributed by atoms with Gasteiger partial charge in [-0.05, 0) is 25.0 Å². The summed E-state index contributed by atoms with van der Waals surface area (Å²) in [6.07, 6.45) is 1.25. The van der Waals surface area contributed by atoms with Gasteiger partial charge in [-0.25, -0.2) is 13.2 Å². The Morgan fingerprint density at radius 3 is 2.35 bits per heavy atom. The topological polar surface area (TPSA) is 78.5 Å². The molecule has 20 heavy (non-hydrogen) atoms. The van der Waals surface area contributed by atoms with Crippen LogP contribution in [0.25, 0.3) is 0 Å². The summed E-state index contributed by atoms with van der Waals surface area (Å²) in [6.45, 7) is 0.845. The highest BCUT2D eigenvalue weighted by atomic mass is 32.2. The monoisotopic (exact) mass is 297 g/mol. The van der Waals surface area contributed by atoms with Gasteiger partial charge in [0.1, 0.15) is 0 Å². The number of amides is 2. The van der Waals surface area contributed by atoms with E-state index in [0.29, 0.717) is 30.8 Å². The minimum Gasteiger partial charge on any atom is -0.341 e. The Morgan fingerprint density at radius 2 is 1.80 bits per heavy atom. The van der Waals surface area contributed by atoms with Gasteiger partial charge in [0, 0.05) is 26.2 Å². The summed E-state index contributed by atoms with van der Waals surface area (Å²) in [5.74, 6) is 0. The number of nitrogens with one attached hydrogen (secondary N) is 2. The molecule has 1 aromatic carbocycles. The Morgan fingerprint density at radius 1 is 1.20 bits per heavy atom. The molecule has 6 nitrogen and oxygen atoms in total. The standard InChI is InChI=1S/C13H19N3O3S/c1-14-13(17)15-11-7-9-16(10-8-11)20(18,19)12-5-3-2-4-6-12/h2-6,11H,7-10H2,1H3,(H2,14,15,17). The lowest BCUT2D eigenvalue weighted by atomic mass is 10.1. The van der Waals surface area contributed by atoms with Crippen LogP contribution in [0.15, 0.2) is 35.2 Å². The molecule has 2 rings (SSSR count). The summed E-state index contributed by atoms with van der Waals surface area (Å²) in [5.41, 5.74) is 0. The molecule has 0 saturated carbocycles. The molecular formula is C13H19N3O3S. The van der Waals surface area contributed by atoms with Crippen molar-refractivity contribution < 1.29 is 13.2 Å². The predicted octanol–water partition coefficient (Wildman–Crippen LogP) is 0.769. The van der Waals surface area contributed by atoms with E-state index in [-0.39, 0.29) is 12.1 Å². The second-order valence-corrected chi connectivity index (χ2v) is 6.65. The minimum atomic E-state index is -3.41. The predicted molar refractivity (Wildman–Crippen MR) is 75.8 cm³/mol. The van der Waals surface area contributed by atoms with Crippen molar-refractivity contribution in [1.82, 2.24) is 14.9 Å². The molecule has 0 unspecified atom stereocenters. The average Bonchev–Trinajstić information content (AvgIpc) is 2.48. The van der Waals surface area contributed by atoms with Gasteiger partial charge in [0.15, 0.2) is 0 Å². The van der Waals surface area contributed by atoms with Crippen LogP contribution in [-0.4, -0.2) is 44.9 Å². The first kappa shape index (κ1) is 14.8. The van der Waals surface area contributed by atoms with Crippen LogP contribution in [0, 0.1) is 0 Å². The molecule has 7 heteroatoms. The first-order valence-corrected chi connectivity index (χ1v) is 8.01. The first-order chi connectivity index (χ1) is 9.54. The van der Waals surface area contributed by atoms with Crippen LogP contribution in [0.3, 0.4) is 0 Å². The van der Waals surface area contributed by atoms with Crippen LogP contribution >= 0.6 is 0 Å². The van der Waals surface area contributed by atoms with Crippen LogP contribution in [0.1, 0.15) is 12.8 Å². The van der Waals surface area contributed by atoms with Crippen molar-refractivity contribution in [2.45, 2.75) is 23.8 Å². The van der Waals surface area contributed by atoms with Crippen LogP contribution in [-0.2, 0) is 10.0 Å². The number of piperidine rings is 1. The van der Waals surface area contributed by atoms with E-state index in [0.717, 1.165) is 0 Å². The molecule has 0 atom stereocenters. The Kier molecular flexibility index (Phi) is 4.61. The van der Waals surface area contributed by atoms with Gasteiger partial charge in [-0.1, -0.05) is 18.2 Å². The molecule has 1 fully saturated rings. The molecule has 2 N–H and O–H groups in total. The Bertz CT molecular complexity index is 551. The maximum absolute atomic E-state index is 12.4. The van der Waals surface area contributed by atoms with Gasteiger partial charge in [-0.2, -0.15) is 4.31 Å². The summed E-state index contributed by atoms with van der Waals surface area (Å²) in [6, 6.07) is 8.22. The number of rotatable bonds is 3. The van der Waals surface area contributed by atoms with E-state index >= 15 is 0 Å². The summed E-state index contributed by atoms with van der Waals surface area (Å²) in [4.78, 5) is 11.5. The zero-order valence-corrected chi connectivity index (χ0v) is 12.2. The molecule has 1 aliphatic rings. The molecule has 1 aromatic rings. The zero-order valence-electron chi connectivity index (χ0n) is 11.4. The van der Waals surface area contributed by atoms with E-state index in [1.54, 1.807) is 37.4 Å². The fourth-order valence-electron chi connectivity index (χ4n) is 2.24. The highest BCUT2D eigenvalue weighted by molar-refractivity contribution is 7.89. The largest absolute Gasteiger partial charge is 0.341 e. The fourth-order valence-corrected chi connectivity index (χ4v) is 3.73. The second kappa shape index (κ2) is 6.23. The van der Waals surface area contributed by atoms with Crippen molar-refractivity contribution in [3.8, 4) is 0 Å². The number of carbonyl (C=O) groups is 1. The van der Waals surface area contributed by atoms with Crippen molar-refractivity contribution in [3.63, 3.8) is 0 Å². The summed E-state index contributed by atoms with van der Waals surface area (Å²) < 4.78 is 26.3. The second-order valence-electron chi connectivity index (χ2n) is 4.71. The van der Waals surface area contributed by atoms with Crippen molar-refractivity contribution >= 4 is 16.1 Å². The average molecular weight is 297 g/mol. The minimum absolute atomic E-state index is 0.0252. The van der Waals surface area contributed by atoms with Crippen LogP contribution in [0.5, 0.6) is 0 Å². The SMILES string of the molecule is CNC(=O)NC1CCN(S(=O)(=O)c2ccccc2)CC1. The molecule has 0 aromatic heterocycles. The molecular weight excluding hydrogens is 278 g/mol. The molecule has 110 valence electrons. The third-order valence-electron chi connectivity index (χ3n) is 3.40. The molecule has 0 spiro atoms. The highest BCUT2D eigenvalue weighted by Crippen LogP contribution is 2.20. The zero-order chi connectivity index (χ0) is 14.6. The summed E-state index contributed by atoms with van der Waals surface area (Å²) in [7, 11) is -1.85. The van der Waals surface area contributed by atoms with E-state index in [1.807, 2.05) is 0 Å². The third kappa shape index (κ3) is 3.29. The molecule has 0 radical (unpaired) electrons. The van der Waals surface area contributed by atoms with Crippen LogP contribution < -0.4 is 10.6 Å². The molecule has 1 heterocycles. The maximum atomic E-state index is 12.4. The van der Waals surface area contributed by atoms with Gasteiger partial charge in [0.05, 0.1) is 4.90 Å². The van der Waals surface area contributed by atoms with Crippen LogP contribution in [0.2, 0.25) is 0 Å². The summed E-state index contributed by atoms with van der Waals surface area (Å²) >= 11 is 0. The van der Waals surface area contributed by atoms with Gasteiger partial charge in [-0.3, -0.25) is 0 Å². The molecule has 1 aliphatic heterocycles. The van der Waals surface area contributed by atoms with E-state index in [4.69, 9.17) is 0 Å². The third-order valence-corrected chi connectivity index (χ3v) is 5.31. The Balaban J connectivity index is 1.99. The Hall–Kier alpha value is -1.60. The lowest BCUT2D eigenvalue weighted by Crippen LogP contribution is -2.48. The van der Waals surface area contributed by atoms with Crippen molar-refractivity contribution in [2.24, 2.45) is 0 Å². The highest BCUT2D eigenvalue weighted by Gasteiger charge is 2.29. The van der Waals surface area contributed by atoms with Gasteiger partial charge >= 0.3 is 6.03 Å². The lowest BCUT2D eigenvalue weighted by molar-refractivity contribution is 0.229. The number of nitrogens with zero attached hydrogens (tertiary/aromatic N) is 1. The number of sulfonamides is 1.